The number of nitrogens with zero attached hydrogens (tertiary/aromatic N) is 3. The molecule has 1 aliphatic rings. The van der Waals surface area contributed by atoms with E-state index in [2.05, 4.69) is 28.9 Å². The minimum atomic E-state index is -0.599. The lowest BCUT2D eigenvalue weighted by atomic mass is 10.1. The van der Waals surface area contributed by atoms with Crippen molar-refractivity contribution in [2.75, 3.05) is 26.2 Å². The number of rotatable bonds is 4. The quantitative estimate of drug-likeness (QED) is 0.715. The van der Waals surface area contributed by atoms with E-state index in [9.17, 15) is 14.0 Å². The number of piperazine rings is 1. The summed E-state index contributed by atoms with van der Waals surface area (Å²) in [5.41, 5.74) is -0.368. The standard InChI is InChI=1S/C22H23FN4O3/c1-14(2)26-9-11-27(12-10-26)22(29)18-13-15(7-8-19(18)23)30-21-17-6-4-3-5-16(17)20(28)24-25-21/h3-8,13-14H,9-12H2,1-2H3,(H,24,28). The molecule has 1 aliphatic heterocycles. The molecule has 1 saturated heterocycles. The second-order valence-electron chi connectivity index (χ2n) is 7.57. The summed E-state index contributed by atoms with van der Waals surface area (Å²) in [6.45, 7) is 6.85. The molecule has 1 N–H and O–H groups in total. The molecule has 0 aliphatic carbocycles. The SMILES string of the molecule is CC(C)N1CCN(C(=O)c2cc(Oc3n[nH]c(=O)c4ccccc34)ccc2F)CC1. The molecule has 0 unspecified atom stereocenters. The van der Waals surface area contributed by atoms with Crippen molar-refractivity contribution >= 4 is 16.7 Å². The minimum absolute atomic E-state index is 0.0424. The van der Waals surface area contributed by atoms with Gasteiger partial charge >= 0.3 is 0 Å². The summed E-state index contributed by atoms with van der Waals surface area (Å²) >= 11 is 0. The number of ether oxygens (including phenoxy) is 1. The van der Waals surface area contributed by atoms with Gasteiger partial charge in [-0.25, -0.2) is 9.49 Å². The zero-order valence-corrected chi connectivity index (χ0v) is 16.9. The monoisotopic (exact) mass is 410 g/mol. The second-order valence-corrected chi connectivity index (χ2v) is 7.57. The third kappa shape index (κ3) is 3.91. The van der Waals surface area contributed by atoms with Crippen LogP contribution in [0.4, 0.5) is 4.39 Å². The molecule has 1 amide bonds. The predicted octanol–water partition coefficient (Wildman–Crippen LogP) is 3.02. The maximum atomic E-state index is 14.4. The van der Waals surface area contributed by atoms with Crippen LogP contribution in [0.1, 0.15) is 24.2 Å². The Morgan fingerprint density at radius 2 is 1.80 bits per heavy atom. The van der Waals surface area contributed by atoms with Crippen molar-refractivity contribution in [3.63, 3.8) is 0 Å². The average Bonchev–Trinajstić information content (AvgIpc) is 2.76. The molecule has 0 atom stereocenters. The Labute approximate surface area is 173 Å². The minimum Gasteiger partial charge on any atom is -0.437 e. The Morgan fingerprint density at radius 3 is 2.50 bits per heavy atom. The van der Waals surface area contributed by atoms with Crippen molar-refractivity contribution in [2.45, 2.75) is 19.9 Å². The number of halogens is 1. The van der Waals surface area contributed by atoms with Crippen molar-refractivity contribution in [2.24, 2.45) is 0 Å². The zero-order chi connectivity index (χ0) is 21.3. The molecular formula is C22H23FN4O3. The number of nitrogens with one attached hydrogen (secondary N) is 1. The van der Waals surface area contributed by atoms with Crippen molar-refractivity contribution in [3.05, 3.63) is 64.2 Å². The molecule has 0 spiro atoms. The fraction of sp³-hybridized carbons (Fsp3) is 0.318. The number of fused-ring (bicyclic) bond motifs is 1. The highest BCUT2D eigenvalue weighted by Crippen LogP contribution is 2.27. The van der Waals surface area contributed by atoms with Crippen molar-refractivity contribution < 1.29 is 13.9 Å². The van der Waals surface area contributed by atoms with E-state index in [0.29, 0.717) is 29.9 Å². The highest BCUT2D eigenvalue weighted by molar-refractivity contribution is 5.95. The number of hydrogen-bond acceptors (Lipinski definition) is 5. The third-order valence-electron chi connectivity index (χ3n) is 5.38. The lowest BCUT2D eigenvalue weighted by molar-refractivity contribution is 0.0591. The molecular weight excluding hydrogens is 387 g/mol. The van der Waals surface area contributed by atoms with E-state index in [1.165, 1.54) is 18.2 Å². The average molecular weight is 410 g/mol. The maximum absolute atomic E-state index is 14.4. The predicted molar refractivity (Wildman–Crippen MR) is 111 cm³/mol. The highest BCUT2D eigenvalue weighted by atomic mass is 19.1. The number of benzene rings is 2. The van der Waals surface area contributed by atoms with Gasteiger partial charge in [0.25, 0.3) is 11.5 Å². The largest absolute Gasteiger partial charge is 0.437 e. The fourth-order valence-corrected chi connectivity index (χ4v) is 3.62. The number of aromatic amines is 1. The third-order valence-corrected chi connectivity index (χ3v) is 5.38. The van der Waals surface area contributed by atoms with E-state index >= 15 is 0 Å². The van der Waals surface area contributed by atoms with Gasteiger partial charge in [-0.05, 0) is 44.2 Å². The first-order valence-electron chi connectivity index (χ1n) is 9.92. The molecule has 1 aromatic heterocycles. The summed E-state index contributed by atoms with van der Waals surface area (Å²) in [4.78, 5) is 28.8. The summed E-state index contributed by atoms with van der Waals surface area (Å²) in [6.07, 6.45) is 0. The van der Waals surface area contributed by atoms with E-state index < -0.39 is 5.82 Å². The second kappa shape index (κ2) is 8.23. The fourth-order valence-electron chi connectivity index (χ4n) is 3.62. The van der Waals surface area contributed by atoms with Crippen LogP contribution < -0.4 is 10.3 Å². The molecule has 7 nitrogen and oxygen atoms in total. The Hall–Kier alpha value is -3.26. The molecule has 0 saturated carbocycles. The number of aromatic nitrogens is 2. The van der Waals surface area contributed by atoms with E-state index in [-0.39, 0.29) is 28.7 Å². The number of carbonyl (C=O) groups is 1. The van der Waals surface area contributed by atoms with Crippen molar-refractivity contribution in [1.29, 1.82) is 0 Å². The smallest absolute Gasteiger partial charge is 0.272 e. The van der Waals surface area contributed by atoms with Gasteiger partial charge in [-0.15, -0.1) is 5.10 Å². The van der Waals surface area contributed by atoms with Crippen LogP contribution in [-0.4, -0.2) is 58.1 Å². The van der Waals surface area contributed by atoms with Gasteiger partial charge in [0.1, 0.15) is 11.6 Å². The van der Waals surface area contributed by atoms with Gasteiger partial charge in [0.05, 0.1) is 16.3 Å². The van der Waals surface area contributed by atoms with Crippen LogP contribution in [-0.2, 0) is 0 Å². The summed E-state index contributed by atoms with van der Waals surface area (Å²) in [5.74, 6) is -0.510. The van der Waals surface area contributed by atoms with E-state index in [0.717, 1.165) is 13.1 Å². The zero-order valence-electron chi connectivity index (χ0n) is 16.9. The number of H-pyrrole nitrogens is 1. The first kappa shape index (κ1) is 20.0. The molecule has 3 aromatic rings. The lowest BCUT2D eigenvalue weighted by Gasteiger charge is -2.37. The molecule has 1 fully saturated rings. The van der Waals surface area contributed by atoms with E-state index in [4.69, 9.17) is 4.74 Å². The Balaban J connectivity index is 1.58. The van der Waals surface area contributed by atoms with Crippen LogP contribution in [0, 0.1) is 5.82 Å². The number of amides is 1. The Kier molecular flexibility index (Phi) is 5.50. The summed E-state index contributed by atoms with van der Waals surface area (Å²) in [7, 11) is 0. The van der Waals surface area contributed by atoms with Crippen LogP contribution >= 0.6 is 0 Å². The Bertz CT molecular complexity index is 1140. The van der Waals surface area contributed by atoms with Crippen molar-refractivity contribution in [1.82, 2.24) is 20.0 Å². The van der Waals surface area contributed by atoms with Gasteiger partial charge in [-0.1, -0.05) is 12.1 Å². The lowest BCUT2D eigenvalue weighted by Crippen LogP contribution is -2.50. The van der Waals surface area contributed by atoms with E-state index in [1.54, 1.807) is 29.2 Å². The van der Waals surface area contributed by atoms with Crippen LogP contribution in [0.5, 0.6) is 11.6 Å². The molecule has 8 heteroatoms. The first-order chi connectivity index (χ1) is 14.4. The van der Waals surface area contributed by atoms with Crippen LogP contribution in [0.15, 0.2) is 47.3 Å². The van der Waals surface area contributed by atoms with Crippen LogP contribution in [0.3, 0.4) is 0 Å². The molecule has 4 rings (SSSR count). The molecule has 0 radical (unpaired) electrons. The topological polar surface area (TPSA) is 78.5 Å². The summed E-state index contributed by atoms with van der Waals surface area (Å²) < 4.78 is 20.2. The van der Waals surface area contributed by atoms with Gasteiger partial charge in [0.2, 0.25) is 5.88 Å². The van der Waals surface area contributed by atoms with Gasteiger partial charge in [-0.2, -0.15) is 0 Å². The van der Waals surface area contributed by atoms with Gasteiger partial charge in [0, 0.05) is 32.2 Å². The first-order valence-corrected chi connectivity index (χ1v) is 9.92. The molecule has 2 aromatic carbocycles. The normalized spacial score (nSPS) is 15.0. The summed E-state index contributed by atoms with van der Waals surface area (Å²) in [5, 5.41) is 7.32. The maximum Gasteiger partial charge on any atom is 0.272 e. The molecule has 2 heterocycles. The Morgan fingerprint density at radius 1 is 1.10 bits per heavy atom. The number of carbonyl (C=O) groups excluding carboxylic acids is 1. The summed E-state index contributed by atoms with van der Waals surface area (Å²) in [6, 6.07) is 11.3. The molecule has 156 valence electrons. The van der Waals surface area contributed by atoms with Crippen LogP contribution in [0.2, 0.25) is 0 Å². The van der Waals surface area contributed by atoms with E-state index in [1.807, 2.05) is 0 Å². The van der Waals surface area contributed by atoms with Crippen LogP contribution in [0.25, 0.3) is 10.8 Å². The van der Waals surface area contributed by atoms with Gasteiger partial charge in [-0.3, -0.25) is 14.5 Å². The molecule has 0 bridgehead atoms. The van der Waals surface area contributed by atoms with Gasteiger partial charge in [0.15, 0.2) is 0 Å². The van der Waals surface area contributed by atoms with Gasteiger partial charge < -0.3 is 9.64 Å². The highest BCUT2D eigenvalue weighted by Gasteiger charge is 2.25. The van der Waals surface area contributed by atoms with Crippen molar-refractivity contribution in [3.8, 4) is 11.6 Å². The molecule has 30 heavy (non-hydrogen) atoms. The number of hydrogen-bond donors (Lipinski definition) is 1.